The quantitative estimate of drug-likeness (QED) is 0.782. The Morgan fingerprint density at radius 2 is 2.00 bits per heavy atom. The maximum atomic E-state index is 12.5. The van der Waals surface area contributed by atoms with E-state index in [9.17, 15) is 4.79 Å². The number of halogens is 2. The lowest BCUT2D eigenvalue weighted by Gasteiger charge is -2.12. The third-order valence-electron chi connectivity index (χ3n) is 3.61. The molecule has 1 aromatic heterocycles. The monoisotopic (exact) mass is 413 g/mol. The molecule has 0 spiro atoms. The number of benzene rings is 1. The van der Waals surface area contributed by atoms with Crippen molar-refractivity contribution in [3.8, 4) is 11.5 Å². The van der Waals surface area contributed by atoms with Crippen LogP contribution in [-0.4, -0.2) is 29.3 Å². The first-order valence-electron chi connectivity index (χ1n) is 7.61. The molecule has 1 aliphatic rings. The smallest absolute Gasteiger partial charge is 0.277 e. The number of carbonyl (C=O) groups is 1. The van der Waals surface area contributed by atoms with Gasteiger partial charge in [-0.2, -0.15) is 5.10 Å². The second-order valence-corrected chi connectivity index (χ2v) is 6.94. The molecular formula is C16H17BrClN3O3. The standard InChI is InChI=1S/C16H17BrClN3O3/c1-8(2)14-13(17)15(21-20-14)16(22)19-10-7-12-11(6-9(10)18)23-4-3-5-24-12/h6-8H,3-5H2,1-2H3,(H,19,22)(H,20,21). The topological polar surface area (TPSA) is 76.2 Å². The summed E-state index contributed by atoms with van der Waals surface area (Å²) in [6, 6.07) is 3.32. The van der Waals surface area contributed by atoms with Gasteiger partial charge in [0.1, 0.15) is 0 Å². The molecule has 128 valence electrons. The van der Waals surface area contributed by atoms with Crippen LogP contribution in [-0.2, 0) is 0 Å². The van der Waals surface area contributed by atoms with Crippen molar-refractivity contribution < 1.29 is 14.3 Å². The van der Waals surface area contributed by atoms with Gasteiger partial charge in [0.25, 0.3) is 5.91 Å². The first kappa shape index (κ1) is 17.1. The molecule has 0 unspecified atom stereocenters. The van der Waals surface area contributed by atoms with Gasteiger partial charge in [0, 0.05) is 18.6 Å². The van der Waals surface area contributed by atoms with Crippen LogP contribution in [0.4, 0.5) is 5.69 Å². The van der Waals surface area contributed by atoms with Crippen molar-refractivity contribution in [1.29, 1.82) is 0 Å². The number of amides is 1. The van der Waals surface area contributed by atoms with Crippen LogP contribution in [0.25, 0.3) is 0 Å². The van der Waals surface area contributed by atoms with E-state index in [2.05, 4.69) is 31.4 Å². The Hall–Kier alpha value is -1.73. The number of fused-ring (bicyclic) bond motifs is 1. The van der Waals surface area contributed by atoms with Gasteiger partial charge in [-0.25, -0.2) is 0 Å². The van der Waals surface area contributed by atoms with E-state index in [1.165, 1.54) is 0 Å². The van der Waals surface area contributed by atoms with E-state index in [-0.39, 0.29) is 17.5 Å². The Bertz CT molecular complexity index is 776. The normalized spacial score (nSPS) is 13.7. The van der Waals surface area contributed by atoms with E-state index >= 15 is 0 Å². The van der Waals surface area contributed by atoms with Crippen LogP contribution < -0.4 is 14.8 Å². The van der Waals surface area contributed by atoms with Gasteiger partial charge >= 0.3 is 0 Å². The van der Waals surface area contributed by atoms with Gasteiger partial charge in [0.15, 0.2) is 17.2 Å². The molecule has 1 amide bonds. The number of hydrogen-bond acceptors (Lipinski definition) is 4. The van der Waals surface area contributed by atoms with E-state index in [1.54, 1.807) is 12.1 Å². The van der Waals surface area contributed by atoms with Crippen molar-refractivity contribution in [2.75, 3.05) is 18.5 Å². The summed E-state index contributed by atoms with van der Waals surface area (Å²) in [6.07, 6.45) is 0.798. The number of rotatable bonds is 3. The third-order valence-corrected chi connectivity index (χ3v) is 4.73. The molecule has 0 saturated carbocycles. The van der Waals surface area contributed by atoms with E-state index in [4.69, 9.17) is 21.1 Å². The average Bonchev–Trinajstić information content (AvgIpc) is 2.77. The molecule has 0 radical (unpaired) electrons. The van der Waals surface area contributed by atoms with Gasteiger partial charge in [-0.3, -0.25) is 9.89 Å². The fourth-order valence-corrected chi connectivity index (χ4v) is 3.35. The minimum Gasteiger partial charge on any atom is -0.490 e. The molecule has 3 rings (SSSR count). The first-order chi connectivity index (χ1) is 11.5. The number of aromatic amines is 1. The van der Waals surface area contributed by atoms with Crippen molar-refractivity contribution in [3.63, 3.8) is 0 Å². The van der Waals surface area contributed by atoms with Gasteiger partial charge in [0.2, 0.25) is 0 Å². The number of H-pyrrole nitrogens is 1. The zero-order valence-electron chi connectivity index (χ0n) is 13.3. The number of ether oxygens (including phenoxy) is 2. The van der Waals surface area contributed by atoms with Crippen LogP contribution in [0, 0.1) is 0 Å². The first-order valence-corrected chi connectivity index (χ1v) is 8.78. The molecule has 2 heterocycles. The fourth-order valence-electron chi connectivity index (χ4n) is 2.34. The lowest BCUT2D eigenvalue weighted by Crippen LogP contribution is -2.13. The number of anilines is 1. The molecule has 1 aromatic carbocycles. The molecule has 1 aliphatic heterocycles. The summed E-state index contributed by atoms with van der Waals surface area (Å²) in [5, 5.41) is 10.1. The molecule has 24 heavy (non-hydrogen) atoms. The number of aromatic nitrogens is 2. The van der Waals surface area contributed by atoms with Crippen LogP contribution >= 0.6 is 27.5 Å². The lowest BCUT2D eigenvalue weighted by molar-refractivity contribution is 0.102. The molecule has 0 saturated heterocycles. The molecule has 0 fully saturated rings. The number of nitrogens with one attached hydrogen (secondary N) is 2. The van der Waals surface area contributed by atoms with Crippen LogP contribution in [0.15, 0.2) is 16.6 Å². The zero-order chi connectivity index (χ0) is 17.3. The summed E-state index contributed by atoms with van der Waals surface area (Å²) in [6.45, 7) is 5.17. The summed E-state index contributed by atoms with van der Waals surface area (Å²) in [7, 11) is 0. The fraction of sp³-hybridized carbons (Fsp3) is 0.375. The molecule has 2 aromatic rings. The highest BCUT2D eigenvalue weighted by atomic mass is 79.9. The van der Waals surface area contributed by atoms with Crippen LogP contribution in [0.2, 0.25) is 5.02 Å². The van der Waals surface area contributed by atoms with Crippen molar-refractivity contribution in [3.05, 3.63) is 33.0 Å². The van der Waals surface area contributed by atoms with E-state index in [0.29, 0.717) is 39.9 Å². The van der Waals surface area contributed by atoms with Gasteiger partial charge in [-0.15, -0.1) is 0 Å². The Morgan fingerprint density at radius 1 is 1.33 bits per heavy atom. The Kier molecular flexibility index (Phi) is 5.01. The maximum Gasteiger partial charge on any atom is 0.277 e. The maximum absolute atomic E-state index is 12.5. The molecule has 8 heteroatoms. The van der Waals surface area contributed by atoms with Gasteiger partial charge < -0.3 is 14.8 Å². The molecule has 0 atom stereocenters. The average molecular weight is 415 g/mol. The van der Waals surface area contributed by atoms with Gasteiger partial charge in [-0.1, -0.05) is 25.4 Å². The highest BCUT2D eigenvalue weighted by Gasteiger charge is 2.21. The summed E-state index contributed by atoms with van der Waals surface area (Å²) >= 11 is 9.67. The summed E-state index contributed by atoms with van der Waals surface area (Å²) < 4.78 is 11.9. The molecular weight excluding hydrogens is 398 g/mol. The number of nitrogens with zero attached hydrogens (tertiary/aromatic N) is 1. The highest BCUT2D eigenvalue weighted by molar-refractivity contribution is 9.10. The van der Waals surface area contributed by atoms with Gasteiger partial charge in [0.05, 0.1) is 34.1 Å². The molecule has 0 aliphatic carbocycles. The van der Waals surface area contributed by atoms with Crippen LogP contribution in [0.5, 0.6) is 11.5 Å². The van der Waals surface area contributed by atoms with Crippen molar-refractivity contribution >= 4 is 39.1 Å². The summed E-state index contributed by atoms with van der Waals surface area (Å²) in [5.74, 6) is 1.01. The van der Waals surface area contributed by atoms with E-state index in [0.717, 1.165) is 12.1 Å². The largest absolute Gasteiger partial charge is 0.490 e. The third kappa shape index (κ3) is 3.37. The van der Waals surface area contributed by atoms with Gasteiger partial charge in [-0.05, 0) is 21.8 Å². The van der Waals surface area contributed by atoms with Crippen LogP contribution in [0.3, 0.4) is 0 Å². The zero-order valence-corrected chi connectivity index (χ0v) is 15.6. The van der Waals surface area contributed by atoms with Crippen molar-refractivity contribution in [1.82, 2.24) is 10.2 Å². The van der Waals surface area contributed by atoms with Crippen molar-refractivity contribution in [2.24, 2.45) is 0 Å². The summed E-state index contributed by atoms with van der Waals surface area (Å²) in [5.41, 5.74) is 1.60. The Balaban J connectivity index is 1.86. The lowest BCUT2D eigenvalue weighted by atomic mass is 10.1. The SMILES string of the molecule is CC(C)c1[nH]nc(C(=O)Nc2cc3c(cc2Cl)OCCCO3)c1Br. The predicted octanol–water partition coefficient (Wildman–Crippen LogP) is 4.36. The second kappa shape index (κ2) is 7.03. The molecule has 2 N–H and O–H groups in total. The van der Waals surface area contributed by atoms with Crippen LogP contribution in [0.1, 0.15) is 42.4 Å². The number of hydrogen-bond donors (Lipinski definition) is 2. The van der Waals surface area contributed by atoms with E-state index < -0.39 is 0 Å². The second-order valence-electron chi connectivity index (χ2n) is 5.74. The summed E-state index contributed by atoms with van der Waals surface area (Å²) in [4.78, 5) is 12.5. The molecule has 6 nitrogen and oxygen atoms in total. The van der Waals surface area contributed by atoms with E-state index in [1.807, 2.05) is 13.8 Å². The molecule has 0 bridgehead atoms. The highest BCUT2D eigenvalue weighted by Crippen LogP contribution is 2.38. The predicted molar refractivity (Wildman–Crippen MR) is 95.4 cm³/mol. The minimum absolute atomic E-state index is 0.218. The number of carbonyl (C=O) groups excluding carboxylic acids is 1. The van der Waals surface area contributed by atoms with Crippen molar-refractivity contribution in [2.45, 2.75) is 26.2 Å². The Morgan fingerprint density at radius 3 is 2.62 bits per heavy atom. The minimum atomic E-state index is -0.360. The Labute approximate surface area is 153 Å².